The van der Waals surface area contributed by atoms with Crippen molar-refractivity contribution in [2.24, 2.45) is 0 Å². The van der Waals surface area contributed by atoms with Gasteiger partial charge < -0.3 is 15.6 Å². The number of imidazole rings is 1. The van der Waals surface area contributed by atoms with Crippen molar-refractivity contribution in [1.29, 1.82) is 0 Å². The quantitative estimate of drug-likeness (QED) is 0.211. The van der Waals surface area contributed by atoms with Crippen LogP contribution in [0.5, 0.6) is 0 Å². The van der Waals surface area contributed by atoms with Gasteiger partial charge in [-0.3, -0.25) is 13.9 Å². The summed E-state index contributed by atoms with van der Waals surface area (Å²) in [6.45, 7) is 6.68. The van der Waals surface area contributed by atoms with Gasteiger partial charge >= 0.3 is 5.69 Å². The molecule has 3 heterocycles. The van der Waals surface area contributed by atoms with Gasteiger partial charge in [-0.05, 0) is 47.5 Å². The number of hydrogen-bond donors (Lipinski definition) is 3. The smallest absolute Gasteiger partial charge is 0.332 e. The Kier molecular flexibility index (Phi) is 7.16. The van der Waals surface area contributed by atoms with E-state index in [0.717, 1.165) is 12.1 Å². The molecule has 12 heteroatoms. The molecule has 0 atom stereocenters. The number of tetrazole rings is 1. The Morgan fingerprint density at radius 1 is 1.03 bits per heavy atom. The minimum atomic E-state index is -0.348. The molecule has 0 bridgehead atoms. The first kappa shape index (κ1) is 23.4. The molecule has 0 unspecified atom stereocenters. The van der Waals surface area contributed by atoms with Gasteiger partial charge in [0.1, 0.15) is 5.82 Å². The third-order valence-electron chi connectivity index (χ3n) is 5.72. The molecule has 0 saturated heterocycles. The molecular weight excluding hydrogens is 436 g/mol. The Labute approximate surface area is 195 Å². The average Bonchev–Trinajstić information content (AvgIpc) is 3.46. The van der Waals surface area contributed by atoms with Crippen LogP contribution in [-0.4, -0.2) is 52.4 Å². The van der Waals surface area contributed by atoms with Crippen LogP contribution < -0.4 is 22.3 Å². The van der Waals surface area contributed by atoms with E-state index in [9.17, 15) is 9.59 Å². The fourth-order valence-electron chi connectivity index (χ4n) is 4.03. The minimum Gasteiger partial charge on any atom is -0.399 e. The number of benzene rings is 1. The summed E-state index contributed by atoms with van der Waals surface area (Å²) in [6, 6.07) is 7.56. The maximum atomic E-state index is 13.5. The molecule has 180 valence electrons. The summed E-state index contributed by atoms with van der Waals surface area (Å²) in [4.78, 5) is 31.6. The predicted molar refractivity (Wildman–Crippen MR) is 129 cm³/mol. The third kappa shape index (κ3) is 4.76. The van der Waals surface area contributed by atoms with Crippen LogP contribution >= 0.6 is 0 Å². The van der Waals surface area contributed by atoms with E-state index in [1.165, 1.54) is 4.57 Å². The Hall–Kier alpha value is -3.80. The lowest BCUT2D eigenvalue weighted by Gasteiger charge is -2.13. The zero-order valence-electron chi connectivity index (χ0n) is 19.5. The van der Waals surface area contributed by atoms with Gasteiger partial charge in [0.2, 0.25) is 0 Å². The van der Waals surface area contributed by atoms with Crippen LogP contribution in [0, 0.1) is 0 Å². The van der Waals surface area contributed by atoms with Gasteiger partial charge in [-0.25, -0.2) is 14.9 Å². The van der Waals surface area contributed by atoms with Crippen molar-refractivity contribution in [3.05, 3.63) is 62.3 Å². The summed E-state index contributed by atoms with van der Waals surface area (Å²) in [5.74, 6) is 1.16. The molecule has 0 aliphatic heterocycles. The van der Waals surface area contributed by atoms with E-state index in [4.69, 9.17) is 10.7 Å². The molecule has 0 spiro atoms. The molecule has 34 heavy (non-hydrogen) atoms. The van der Waals surface area contributed by atoms with Crippen LogP contribution in [-0.2, 0) is 32.5 Å². The molecule has 1 aromatic carbocycles. The number of H-pyrrole nitrogens is 1. The molecule has 0 aliphatic rings. The number of aromatic amines is 1. The summed E-state index contributed by atoms with van der Waals surface area (Å²) in [6.07, 6.45) is 1.58. The number of aryl methyl sites for hydroxylation is 2. The van der Waals surface area contributed by atoms with Crippen molar-refractivity contribution < 1.29 is 0 Å². The number of nitrogens with zero attached hydrogens (tertiary/aromatic N) is 7. The fraction of sp³-hybridized carbons (Fsp3) is 0.455. The first-order chi connectivity index (χ1) is 16.5. The highest BCUT2D eigenvalue weighted by Gasteiger charge is 2.22. The van der Waals surface area contributed by atoms with Gasteiger partial charge in [0.25, 0.3) is 5.56 Å². The van der Waals surface area contributed by atoms with E-state index in [1.807, 2.05) is 42.7 Å². The van der Waals surface area contributed by atoms with Gasteiger partial charge in [0.05, 0.1) is 6.42 Å². The third-order valence-corrected chi connectivity index (χ3v) is 5.72. The molecule has 4 N–H and O–H groups in total. The van der Waals surface area contributed by atoms with Gasteiger partial charge in [0, 0.05) is 31.9 Å². The Balaban J connectivity index is 1.85. The van der Waals surface area contributed by atoms with Crippen molar-refractivity contribution in [2.45, 2.75) is 52.7 Å². The maximum absolute atomic E-state index is 13.5. The van der Waals surface area contributed by atoms with Crippen LogP contribution in [0.3, 0.4) is 0 Å². The highest BCUT2D eigenvalue weighted by Crippen LogP contribution is 2.15. The number of likely N-dealkylation sites (N-methyl/N-ethyl adjacent to an activating group) is 1. The largest absolute Gasteiger partial charge is 0.399 e. The van der Waals surface area contributed by atoms with Crippen LogP contribution in [0.15, 0.2) is 33.9 Å². The summed E-state index contributed by atoms with van der Waals surface area (Å²) in [5.41, 5.74) is 7.67. The van der Waals surface area contributed by atoms with Gasteiger partial charge in [-0.15, -0.1) is 5.10 Å². The Bertz CT molecular complexity index is 1350. The van der Waals surface area contributed by atoms with Crippen LogP contribution in [0.4, 0.5) is 5.69 Å². The molecule has 0 fully saturated rings. The van der Waals surface area contributed by atoms with Gasteiger partial charge in [-0.2, -0.15) is 0 Å². The Morgan fingerprint density at radius 2 is 1.82 bits per heavy atom. The van der Waals surface area contributed by atoms with E-state index < -0.39 is 0 Å². The second-order valence-electron chi connectivity index (χ2n) is 8.11. The number of anilines is 1. The number of aromatic nitrogens is 8. The van der Waals surface area contributed by atoms with Crippen molar-refractivity contribution in [3.8, 4) is 0 Å². The van der Waals surface area contributed by atoms with Gasteiger partial charge in [0.15, 0.2) is 17.0 Å². The highest BCUT2D eigenvalue weighted by molar-refractivity contribution is 5.71. The fourth-order valence-corrected chi connectivity index (χ4v) is 4.03. The molecule has 0 saturated carbocycles. The second kappa shape index (κ2) is 10.4. The van der Waals surface area contributed by atoms with Gasteiger partial charge in [-0.1, -0.05) is 26.0 Å². The lowest BCUT2D eigenvalue weighted by atomic mass is 10.1. The topological polar surface area (TPSA) is 154 Å². The molecular formula is C22H30N10O2. The number of nitrogens with one attached hydrogen (secondary N) is 2. The predicted octanol–water partition coefficient (Wildman–Crippen LogP) is 0.308. The van der Waals surface area contributed by atoms with E-state index in [2.05, 4.69) is 25.9 Å². The van der Waals surface area contributed by atoms with Crippen LogP contribution in [0.25, 0.3) is 11.2 Å². The normalized spacial score (nSPS) is 11.5. The van der Waals surface area contributed by atoms with Crippen molar-refractivity contribution >= 4 is 16.9 Å². The molecule has 12 nitrogen and oxygen atoms in total. The number of nitrogens with two attached hydrogens (primary N) is 1. The summed E-state index contributed by atoms with van der Waals surface area (Å²) in [5, 5.41) is 17.3. The summed E-state index contributed by atoms with van der Waals surface area (Å²) < 4.78 is 4.80. The number of rotatable bonds is 11. The monoisotopic (exact) mass is 466 g/mol. The molecule has 4 aromatic rings. The van der Waals surface area contributed by atoms with Crippen molar-refractivity contribution in [3.63, 3.8) is 0 Å². The lowest BCUT2D eigenvalue weighted by Crippen LogP contribution is -2.41. The zero-order chi connectivity index (χ0) is 24.1. The van der Waals surface area contributed by atoms with Crippen LogP contribution in [0.2, 0.25) is 0 Å². The minimum absolute atomic E-state index is 0.313. The SMILES string of the molecule is CCCn1c(=O)c2c(nc(Cc3nnn[nH]3)n2CCNCC)n(CCc2ccc(N)cc2)c1=O. The van der Waals surface area contributed by atoms with E-state index >= 15 is 0 Å². The number of hydrogen-bond acceptors (Lipinski definition) is 8. The first-order valence-electron chi connectivity index (χ1n) is 11.5. The van der Waals surface area contributed by atoms with Crippen molar-refractivity contribution in [1.82, 2.24) is 44.6 Å². The molecule has 4 rings (SSSR count). The number of fused-ring (bicyclic) bond motifs is 1. The lowest BCUT2D eigenvalue weighted by molar-refractivity contribution is 0.555. The molecule has 0 aliphatic carbocycles. The zero-order valence-corrected chi connectivity index (χ0v) is 19.5. The average molecular weight is 467 g/mol. The van der Waals surface area contributed by atoms with E-state index in [1.54, 1.807) is 4.57 Å². The highest BCUT2D eigenvalue weighted by atomic mass is 16.2. The second-order valence-corrected chi connectivity index (χ2v) is 8.11. The molecule has 3 aromatic heterocycles. The maximum Gasteiger partial charge on any atom is 0.332 e. The first-order valence-corrected chi connectivity index (χ1v) is 11.5. The molecule has 0 radical (unpaired) electrons. The summed E-state index contributed by atoms with van der Waals surface area (Å²) >= 11 is 0. The summed E-state index contributed by atoms with van der Waals surface area (Å²) in [7, 11) is 0. The Morgan fingerprint density at radius 3 is 2.50 bits per heavy atom. The van der Waals surface area contributed by atoms with E-state index in [0.29, 0.717) is 73.9 Å². The number of nitrogen functional groups attached to an aromatic ring is 1. The standard InChI is InChI=1S/C22H30N10O2/c1-3-11-32-21(33)19-20(31(22(32)34)12-9-15-5-7-16(23)8-6-15)25-18(14-17-26-28-29-27-17)30(19)13-10-24-4-2/h5-8,24H,3-4,9-14,23H2,1-2H3,(H,26,27,28,29). The van der Waals surface area contributed by atoms with Crippen LogP contribution in [0.1, 0.15) is 37.5 Å². The van der Waals surface area contributed by atoms with E-state index in [-0.39, 0.29) is 11.2 Å². The molecule has 0 amide bonds. The van der Waals surface area contributed by atoms with Crippen molar-refractivity contribution in [2.75, 3.05) is 18.8 Å².